The van der Waals surface area contributed by atoms with Gasteiger partial charge in [-0.05, 0) is 62.8 Å². The third-order valence-electron chi connectivity index (χ3n) is 5.57. The number of esters is 1. The first-order valence-electron chi connectivity index (χ1n) is 9.95. The smallest absolute Gasteiger partial charge is 0.337 e. The van der Waals surface area contributed by atoms with E-state index in [4.69, 9.17) is 4.74 Å². The van der Waals surface area contributed by atoms with Crippen LogP contribution in [0.15, 0.2) is 24.3 Å². The molecule has 1 saturated heterocycles. The molecule has 3 rings (SSSR count). The average molecular weight is 388 g/mol. The van der Waals surface area contributed by atoms with Gasteiger partial charge in [-0.2, -0.15) is 0 Å². The van der Waals surface area contributed by atoms with Crippen molar-refractivity contribution in [3.05, 3.63) is 29.8 Å². The lowest BCUT2D eigenvalue weighted by molar-refractivity contribution is -0.128. The molecule has 1 heterocycles. The lowest BCUT2D eigenvalue weighted by Gasteiger charge is -2.27. The van der Waals surface area contributed by atoms with Crippen molar-refractivity contribution in [2.24, 2.45) is 11.8 Å². The topological polar surface area (TPSA) is 93.7 Å². The molecule has 1 aromatic carbocycles. The molecule has 1 saturated carbocycles. The Kier molecular flexibility index (Phi) is 7.03. The fourth-order valence-corrected chi connectivity index (χ4v) is 3.83. The minimum Gasteiger partial charge on any atom is -0.465 e. The van der Waals surface area contributed by atoms with Gasteiger partial charge in [0.15, 0.2) is 0 Å². The van der Waals surface area contributed by atoms with E-state index >= 15 is 0 Å². The molecule has 0 radical (unpaired) electrons. The van der Waals surface area contributed by atoms with Crippen molar-refractivity contribution in [2.75, 3.05) is 25.6 Å². The van der Waals surface area contributed by atoms with Crippen LogP contribution in [0, 0.1) is 11.8 Å². The van der Waals surface area contributed by atoms with Crippen LogP contribution >= 0.6 is 0 Å². The summed E-state index contributed by atoms with van der Waals surface area (Å²) in [6, 6.07) is 6.62. The Hall–Kier alpha value is -2.41. The lowest BCUT2D eigenvalue weighted by atomic mass is 9.81. The van der Waals surface area contributed by atoms with Gasteiger partial charge in [-0.1, -0.05) is 0 Å². The first-order chi connectivity index (χ1) is 13.6. The van der Waals surface area contributed by atoms with Crippen LogP contribution in [-0.4, -0.2) is 44.1 Å². The SMILES string of the molecule is COC(=O)c1ccc(NC(=O)C2CCC(C(=O)NCC3CCCO3)CC2)cc1. The van der Waals surface area contributed by atoms with E-state index in [2.05, 4.69) is 15.4 Å². The van der Waals surface area contributed by atoms with Gasteiger partial charge in [-0.25, -0.2) is 4.79 Å². The molecule has 28 heavy (non-hydrogen) atoms. The molecule has 2 amide bonds. The largest absolute Gasteiger partial charge is 0.465 e. The van der Waals surface area contributed by atoms with Crippen LogP contribution in [0.25, 0.3) is 0 Å². The van der Waals surface area contributed by atoms with E-state index in [1.165, 1.54) is 7.11 Å². The van der Waals surface area contributed by atoms with Crippen molar-refractivity contribution >= 4 is 23.5 Å². The number of nitrogens with one attached hydrogen (secondary N) is 2. The van der Waals surface area contributed by atoms with Gasteiger partial charge in [0, 0.05) is 30.7 Å². The maximum atomic E-state index is 12.5. The van der Waals surface area contributed by atoms with Gasteiger partial charge in [0.05, 0.1) is 18.8 Å². The number of carbonyl (C=O) groups is 3. The summed E-state index contributed by atoms with van der Waals surface area (Å²) >= 11 is 0. The second-order valence-electron chi connectivity index (χ2n) is 7.49. The van der Waals surface area contributed by atoms with E-state index in [9.17, 15) is 14.4 Å². The van der Waals surface area contributed by atoms with E-state index in [0.29, 0.717) is 30.6 Å². The minimum atomic E-state index is -0.408. The molecule has 1 unspecified atom stereocenters. The highest BCUT2D eigenvalue weighted by molar-refractivity contribution is 5.94. The van der Waals surface area contributed by atoms with Crippen molar-refractivity contribution in [3.8, 4) is 0 Å². The number of carbonyl (C=O) groups excluding carboxylic acids is 3. The van der Waals surface area contributed by atoms with E-state index < -0.39 is 5.97 Å². The fourth-order valence-electron chi connectivity index (χ4n) is 3.83. The summed E-state index contributed by atoms with van der Waals surface area (Å²) in [6.45, 7) is 1.37. The maximum absolute atomic E-state index is 12.5. The number of anilines is 1. The molecular weight excluding hydrogens is 360 g/mol. The van der Waals surface area contributed by atoms with Crippen LogP contribution in [0.3, 0.4) is 0 Å². The number of ether oxygens (including phenoxy) is 2. The molecule has 2 aliphatic rings. The van der Waals surface area contributed by atoms with Crippen LogP contribution in [0.2, 0.25) is 0 Å². The van der Waals surface area contributed by atoms with Crippen molar-refractivity contribution in [2.45, 2.75) is 44.6 Å². The summed E-state index contributed by atoms with van der Waals surface area (Å²) in [5.74, 6) is -0.488. The molecule has 1 atom stereocenters. The van der Waals surface area contributed by atoms with Crippen LogP contribution in [0.5, 0.6) is 0 Å². The van der Waals surface area contributed by atoms with Crippen LogP contribution in [0.1, 0.15) is 48.9 Å². The summed E-state index contributed by atoms with van der Waals surface area (Å²) in [5.41, 5.74) is 1.09. The maximum Gasteiger partial charge on any atom is 0.337 e. The van der Waals surface area contributed by atoms with Gasteiger partial charge in [-0.15, -0.1) is 0 Å². The summed E-state index contributed by atoms with van der Waals surface area (Å²) in [6.07, 6.45) is 5.05. The Morgan fingerprint density at radius 1 is 1.00 bits per heavy atom. The molecule has 1 aromatic rings. The van der Waals surface area contributed by atoms with Gasteiger partial charge in [0.1, 0.15) is 0 Å². The standard InChI is InChI=1S/C21H28N2O5/c1-27-21(26)16-8-10-17(11-9-16)23-20(25)15-6-4-14(5-7-15)19(24)22-13-18-3-2-12-28-18/h8-11,14-15,18H,2-7,12-13H2,1H3,(H,22,24)(H,23,25). The number of hydrogen-bond acceptors (Lipinski definition) is 5. The molecule has 2 fully saturated rings. The molecule has 0 spiro atoms. The first-order valence-corrected chi connectivity index (χ1v) is 9.95. The van der Waals surface area contributed by atoms with Gasteiger partial charge in [0.2, 0.25) is 11.8 Å². The summed E-state index contributed by atoms with van der Waals surface area (Å²) in [4.78, 5) is 36.3. The number of benzene rings is 1. The summed E-state index contributed by atoms with van der Waals surface area (Å²) in [5, 5.41) is 5.89. The highest BCUT2D eigenvalue weighted by Gasteiger charge is 2.30. The van der Waals surface area contributed by atoms with Gasteiger partial charge < -0.3 is 20.1 Å². The Morgan fingerprint density at radius 3 is 2.21 bits per heavy atom. The predicted octanol–water partition coefficient (Wildman–Crippen LogP) is 2.51. The monoisotopic (exact) mass is 388 g/mol. The third kappa shape index (κ3) is 5.32. The van der Waals surface area contributed by atoms with Crippen LogP contribution in [-0.2, 0) is 19.1 Å². The normalized spacial score (nSPS) is 24.4. The molecule has 2 N–H and O–H groups in total. The average Bonchev–Trinajstić information content (AvgIpc) is 3.25. The van der Waals surface area contributed by atoms with E-state index in [1.807, 2.05) is 0 Å². The molecule has 7 heteroatoms. The van der Waals surface area contributed by atoms with Crippen LogP contribution < -0.4 is 10.6 Å². The third-order valence-corrected chi connectivity index (χ3v) is 5.57. The van der Waals surface area contributed by atoms with Crippen molar-refractivity contribution < 1.29 is 23.9 Å². The number of rotatable bonds is 6. The zero-order valence-electron chi connectivity index (χ0n) is 16.2. The predicted molar refractivity (Wildman–Crippen MR) is 104 cm³/mol. The lowest BCUT2D eigenvalue weighted by Crippen LogP contribution is -2.38. The zero-order valence-corrected chi connectivity index (χ0v) is 16.2. The van der Waals surface area contributed by atoms with Gasteiger partial charge in [-0.3, -0.25) is 9.59 Å². The highest BCUT2D eigenvalue weighted by atomic mass is 16.5. The van der Waals surface area contributed by atoms with E-state index in [-0.39, 0.29) is 29.8 Å². The quantitative estimate of drug-likeness (QED) is 0.731. The first kappa shape index (κ1) is 20.3. The number of hydrogen-bond donors (Lipinski definition) is 2. The molecule has 0 bridgehead atoms. The van der Waals surface area contributed by atoms with Gasteiger partial charge >= 0.3 is 5.97 Å². The van der Waals surface area contributed by atoms with E-state index in [0.717, 1.165) is 32.3 Å². The van der Waals surface area contributed by atoms with Crippen molar-refractivity contribution in [1.29, 1.82) is 0 Å². The Labute approximate surface area is 165 Å². The molecule has 7 nitrogen and oxygen atoms in total. The highest BCUT2D eigenvalue weighted by Crippen LogP contribution is 2.30. The van der Waals surface area contributed by atoms with Crippen molar-refractivity contribution in [3.63, 3.8) is 0 Å². The van der Waals surface area contributed by atoms with Gasteiger partial charge in [0.25, 0.3) is 0 Å². The second kappa shape index (κ2) is 9.68. The second-order valence-corrected chi connectivity index (χ2v) is 7.49. The molecular formula is C21H28N2O5. The number of methoxy groups -OCH3 is 1. The van der Waals surface area contributed by atoms with Crippen LogP contribution in [0.4, 0.5) is 5.69 Å². The Morgan fingerprint density at radius 2 is 1.64 bits per heavy atom. The Bertz CT molecular complexity index is 689. The number of amides is 2. The minimum absolute atomic E-state index is 0.0233. The van der Waals surface area contributed by atoms with Crippen molar-refractivity contribution in [1.82, 2.24) is 5.32 Å². The summed E-state index contributed by atoms with van der Waals surface area (Å²) in [7, 11) is 1.33. The zero-order chi connectivity index (χ0) is 19.9. The fraction of sp³-hybridized carbons (Fsp3) is 0.571. The molecule has 0 aromatic heterocycles. The summed E-state index contributed by atoms with van der Waals surface area (Å²) < 4.78 is 10.2. The molecule has 1 aliphatic carbocycles. The van der Waals surface area contributed by atoms with E-state index in [1.54, 1.807) is 24.3 Å². The Balaban J connectivity index is 1.41. The molecule has 152 valence electrons. The molecule has 1 aliphatic heterocycles.